The van der Waals surface area contributed by atoms with Gasteiger partial charge in [-0.25, -0.2) is 0 Å². The van der Waals surface area contributed by atoms with Crippen molar-refractivity contribution in [3.63, 3.8) is 0 Å². The molecule has 0 aliphatic carbocycles. The Hall–Kier alpha value is -0.240. The fraction of sp³-hybridized carbons (Fsp3) is 0.857. The third-order valence-electron chi connectivity index (χ3n) is 1.40. The first kappa shape index (κ1) is 11.8. The Balaban J connectivity index is 3.77. The summed E-state index contributed by atoms with van der Waals surface area (Å²) < 4.78 is 35.4. The lowest BCUT2D eigenvalue weighted by molar-refractivity contribution is -0.143. The van der Waals surface area contributed by atoms with Crippen LogP contribution in [-0.2, 0) is 0 Å². The summed E-state index contributed by atoms with van der Waals surface area (Å²) >= 11 is 2.99. The molecule has 0 heterocycles. The van der Waals surface area contributed by atoms with Crippen LogP contribution in [0.1, 0.15) is 19.3 Å². The van der Waals surface area contributed by atoms with E-state index < -0.39 is 18.5 Å². The van der Waals surface area contributed by atoms with Crippen LogP contribution in [0, 0.1) is 17.2 Å². The molecule has 0 saturated heterocycles. The number of halogens is 4. The van der Waals surface area contributed by atoms with Crippen molar-refractivity contribution in [1.82, 2.24) is 0 Å². The van der Waals surface area contributed by atoms with Crippen molar-refractivity contribution in [3.05, 3.63) is 0 Å². The number of hydrogen-bond acceptors (Lipinski definition) is 1. The second-order valence-electron chi connectivity index (χ2n) is 2.54. The molecule has 0 spiro atoms. The molecule has 0 aromatic heterocycles. The maximum atomic E-state index is 11.8. The van der Waals surface area contributed by atoms with Gasteiger partial charge < -0.3 is 0 Å². The minimum absolute atomic E-state index is 0.187. The van der Waals surface area contributed by atoms with Gasteiger partial charge in [0.05, 0.1) is 6.07 Å². The fourth-order valence-electron chi connectivity index (χ4n) is 0.830. The Kier molecular flexibility index (Phi) is 5.31. The minimum atomic E-state index is -4.12. The first-order valence-electron chi connectivity index (χ1n) is 3.49. The van der Waals surface area contributed by atoms with Gasteiger partial charge in [-0.3, -0.25) is 0 Å². The molecular weight excluding hydrogens is 235 g/mol. The van der Waals surface area contributed by atoms with E-state index in [-0.39, 0.29) is 6.42 Å². The summed E-state index contributed by atoms with van der Waals surface area (Å²) in [6.07, 6.45) is -4.43. The second-order valence-corrected chi connectivity index (χ2v) is 3.18. The summed E-state index contributed by atoms with van der Waals surface area (Å²) in [7, 11) is 0. The van der Waals surface area contributed by atoms with E-state index in [4.69, 9.17) is 5.26 Å². The van der Waals surface area contributed by atoms with Crippen molar-refractivity contribution >= 4 is 15.9 Å². The Labute approximate surface area is 77.7 Å². The smallest absolute Gasteiger partial charge is 0.198 e. The molecule has 1 nitrogen and oxygen atoms in total. The number of rotatable bonds is 4. The molecule has 0 radical (unpaired) electrons. The van der Waals surface area contributed by atoms with E-state index in [2.05, 4.69) is 15.9 Å². The molecule has 0 rings (SSSR count). The average Bonchev–Trinajstić information content (AvgIpc) is 1.95. The standard InChI is InChI=1S/C7H9BrF3N/c8-5-6(2-1-3-12)4-7(9,10)11/h6H,1-2,4-5H2/t6-/m0/s1. The topological polar surface area (TPSA) is 23.8 Å². The van der Waals surface area contributed by atoms with Crippen LogP contribution in [0.15, 0.2) is 0 Å². The Bertz CT molecular complexity index is 161. The first-order chi connectivity index (χ1) is 5.49. The molecule has 70 valence electrons. The van der Waals surface area contributed by atoms with E-state index in [1.54, 1.807) is 0 Å². The summed E-state index contributed by atoms with van der Waals surface area (Å²) in [5, 5.41) is 8.46. The van der Waals surface area contributed by atoms with Crippen LogP contribution in [-0.4, -0.2) is 11.5 Å². The zero-order valence-corrected chi connectivity index (χ0v) is 7.95. The quantitative estimate of drug-likeness (QED) is 0.696. The Morgan fingerprint density at radius 3 is 2.33 bits per heavy atom. The van der Waals surface area contributed by atoms with Crippen LogP contribution in [0.5, 0.6) is 0 Å². The Morgan fingerprint density at radius 2 is 2.00 bits per heavy atom. The van der Waals surface area contributed by atoms with Gasteiger partial charge >= 0.3 is 6.18 Å². The molecule has 12 heavy (non-hydrogen) atoms. The summed E-state index contributed by atoms with van der Waals surface area (Å²) in [6, 6.07) is 1.83. The van der Waals surface area contributed by atoms with Gasteiger partial charge in [0.1, 0.15) is 0 Å². The fourth-order valence-corrected chi connectivity index (χ4v) is 1.38. The molecule has 0 aromatic carbocycles. The van der Waals surface area contributed by atoms with Crippen LogP contribution in [0.3, 0.4) is 0 Å². The molecule has 0 fully saturated rings. The summed E-state index contributed by atoms with van der Waals surface area (Å²) in [5.41, 5.74) is 0. The molecule has 0 unspecified atom stereocenters. The van der Waals surface area contributed by atoms with Gasteiger partial charge in [-0.15, -0.1) is 0 Å². The summed E-state index contributed by atoms with van der Waals surface area (Å²) in [6.45, 7) is 0. The number of hydrogen-bond donors (Lipinski definition) is 0. The van der Waals surface area contributed by atoms with E-state index >= 15 is 0 Å². The number of nitrogens with zero attached hydrogens (tertiary/aromatic N) is 1. The van der Waals surface area contributed by atoms with Crippen LogP contribution in [0.25, 0.3) is 0 Å². The lowest BCUT2D eigenvalue weighted by Crippen LogP contribution is -2.16. The Morgan fingerprint density at radius 1 is 1.42 bits per heavy atom. The zero-order chi connectivity index (χ0) is 9.61. The third-order valence-corrected chi connectivity index (χ3v) is 2.32. The van der Waals surface area contributed by atoms with Gasteiger partial charge in [0.2, 0.25) is 0 Å². The largest absolute Gasteiger partial charge is 0.389 e. The van der Waals surface area contributed by atoms with Crippen molar-refractivity contribution in [1.29, 1.82) is 5.26 Å². The zero-order valence-electron chi connectivity index (χ0n) is 6.36. The van der Waals surface area contributed by atoms with Crippen LogP contribution < -0.4 is 0 Å². The molecular formula is C7H9BrF3N. The average molecular weight is 244 g/mol. The number of nitriles is 1. The molecule has 0 aliphatic rings. The van der Waals surface area contributed by atoms with Crippen molar-refractivity contribution in [3.8, 4) is 6.07 Å². The molecule has 0 saturated carbocycles. The maximum Gasteiger partial charge on any atom is 0.389 e. The molecule has 0 aliphatic heterocycles. The van der Waals surface area contributed by atoms with E-state index in [0.717, 1.165) is 0 Å². The van der Waals surface area contributed by atoms with E-state index in [9.17, 15) is 13.2 Å². The van der Waals surface area contributed by atoms with Crippen LogP contribution in [0.2, 0.25) is 0 Å². The number of alkyl halides is 4. The predicted octanol–water partition coefficient (Wildman–Crippen LogP) is 3.25. The van der Waals surface area contributed by atoms with Crippen molar-refractivity contribution in [2.45, 2.75) is 25.4 Å². The first-order valence-corrected chi connectivity index (χ1v) is 4.61. The highest BCUT2D eigenvalue weighted by molar-refractivity contribution is 9.09. The van der Waals surface area contributed by atoms with Gasteiger partial charge in [-0.05, 0) is 12.3 Å². The normalized spacial score (nSPS) is 13.9. The van der Waals surface area contributed by atoms with Crippen LogP contribution in [0.4, 0.5) is 13.2 Å². The van der Waals surface area contributed by atoms with Crippen molar-refractivity contribution in [2.24, 2.45) is 5.92 Å². The molecule has 0 amide bonds. The monoisotopic (exact) mass is 243 g/mol. The van der Waals surface area contributed by atoms with Gasteiger partial charge in [0.15, 0.2) is 0 Å². The predicted molar refractivity (Wildman–Crippen MR) is 42.8 cm³/mol. The highest BCUT2D eigenvalue weighted by atomic mass is 79.9. The van der Waals surface area contributed by atoms with E-state index in [1.807, 2.05) is 6.07 Å². The molecule has 1 atom stereocenters. The SMILES string of the molecule is N#CCC[C@H](CBr)CC(F)(F)F. The molecule has 5 heteroatoms. The minimum Gasteiger partial charge on any atom is -0.198 e. The van der Waals surface area contributed by atoms with Crippen molar-refractivity contribution in [2.75, 3.05) is 5.33 Å². The molecule has 0 N–H and O–H groups in total. The van der Waals surface area contributed by atoms with Gasteiger partial charge in [0.25, 0.3) is 0 Å². The lowest BCUT2D eigenvalue weighted by Gasteiger charge is -2.14. The summed E-state index contributed by atoms with van der Waals surface area (Å²) in [5.74, 6) is -0.468. The van der Waals surface area contributed by atoms with Gasteiger partial charge in [-0.2, -0.15) is 18.4 Å². The maximum absolute atomic E-state index is 11.8. The van der Waals surface area contributed by atoms with Crippen LogP contribution >= 0.6 is 15.9 Å². The van der Waals surface area contributed by atoms with Gasteiger partial charge in [0, 0.05) is 18.2 Å². The molecule has 0 bridgehead atoms. The van der Waals surface area contributed by atoms with Gasteiger partial charge in [-0.1, -0.05) is 15.9 Å². The molecule has 0 aromatic rings. The highest BCUT2D eigenvalue weighted by Crippen LogP contribution is 2.28. The van der Waals surface area contributed by atoms with E-state index in [0.29, 0.717) is 11.8 Å². The second kappa shape index (κ2) is 5.41. The van der Waals surface area contributed by atoms with Crippen molar-refractivity contribution < 1.29 is 13.2 Å². The summed E-state index contributed by atoms with van der Waals surface area (Å²) in [4.78, 5) is 0. The third kappa shape index (κ3) is 6.47. The highest BCUT2D eigenvalue weighted by Gasteiger charge is 2.30. The van der Waals surface area contributed by atoms with E-state index in [1.165, 1.54) is 0 Å². The lowest BCUT2D eigenvalue weighted by atomic mass is 10.0.